The van der Waals surface area contributed by atoms with Crippen molar-refractivity contribution in [2.75, 3.05) is 18.1 Å². The Kier molecular flexibility index (Phi) is 6.83. The number of halogens is 1. The molecule has 1 N–H and O–H groups in total. The van der Waals surface area contributed by atoms with Crippen molar-refractivity contribution in [1.29, 1.82) is 0 Å². The molecule has 0 aliphatic carbocycles. The highest BCUT2D eigenvalue weighted by molar-refractivity contribution is 9.10. The van der Waals surface area contributed by atoms with Gasteiger partial charge >= 0.3 is 5.97 Å². The van der Waals surface area contributed by atoms with Gasteiger partial charge in [-0.1, -0.05) is 28.1 Å². The second kappa shape index (κ2) is 7.91. The van der Waals surface area contributed by atoms with Crippen LogP contribution in [0, 0.1) is 0 Å². The van der Waals surface area contributed by atoms with E-state index >= 15 is 0 Å². The van der Waals surface area contributed by atoms with Gasteiger partial charge in [0.1, 0.15) is 5.75 Å². The highest BCUT2D eigenvalue weighted by Crippen LogP contribution is 2.13. The van der Waals surface area contributed by atoms with Crippen molar-refractivity contribution in [2.45, 2.75) is 26.4 Å². The number of carbonyl (C=O) groups is 1. The highest BCUT2D eigenvalue weighted by Gasteiger charge is 2.19. The molecule has 0 aliphatic rings. The molecule has 0 aromatic heterocycles. The number of carboxylic acids is 1. The van der Waals surface area contributed by atoms with E-state index in [2.05, 4.69) is 15.9 Å². The van der Waals surface area contributed by atoms with Gasteiger partial charge in [0.2, 0.25) is 0 Å². The van der Waals surface area contributed by atoms with Crippen molar-refractivity contribution >= 4 is 31.7 Å². The Morgan fingerprint density at radius 2 is 1.86 bits per heavy atom. The molecule has 0 bridgehead atoms. The van der Waals surface area contributed by atoms with Crippen LogP contribution in [0.2, 0.25) is 0 Å². The van der Waals surface area contributed by atoms with Gasteiger partial charge in [0.25, 0.3) is 0 Å². The van der Waals surface area contributed by atoms with Crippen LogP contribution in [0.4, 0.5) is 0 Å². The van der Waals surface area contributed by atoms with Gasteiger partial charge in [-0.15, -0.1) is 0 Å². The zero-order valence-electron chi connectivity index (χ0n) is 12.1. The van der Waals surface area contributed by atoms with Crippen molar-refractivity contribution in [2.24, 2.45) is 0 Å². The molecule has 0 radical (unpaired) electrons. The summed E-state index contributed by atoms with van der Waals surface area (Å²) < 4.78 is 24.3. The van der Waals surface area contributed by atoms with Crippen LogP contribution < -0.4 is 0 Å². The Bertz CT molecular complexity index is 569. The monoisotopic (exact) mass is 377 g/mol. The molecule has 7 heteroatoms. The number of sulfone groups is 1. The van der Waals surface area contributed by atoms with Crippen LogP contribution in [0.1, 0.15) is 19.4 Å². The van der Waals surface area contributed by atoms with Crippen molar-refractivity contribution < 1.29 is 18.3 Å². The SMILES string of the molecule is CC(C)N(CCS(=O)(=O)CC(=O)O)Cc1ccc(Br)cc1. The lowest BCUT2D eigenvalue weighted by Gasteiger charge is -2.26. The maximum Gasteiger partial charge on any atom is 0.318 e. The van der Waals surface area contributed by atoms with E-state index in [1.165, 1.54) is 0 Å². The minimum Gasteiger partial charge on any atom is -0.480 e. The quantitative estimate of drug-likeness (QED) is 0.751. The predicted molar refractivity (Wildman–Crippen MR) is 86.0 cm³/mol. The molecule has 0 atom stereocenters. The minimum atomic E-state index is -3.56. The molecular weight excluding hydrogens is 358 g/mol. The molecular formula is C14H20BrNO4S. The third kappa shape index (κ3) is 7.06. The fourth-order valence-electron chi connectivity index (χ4n) is 1.86. The Hall–Kier alpha value is -0.920. The molecule has 0 amide bonds. The standard InChI is InChI=1S/C14H20BrNO4S/c1-11(2)16(7-8-21(19,20)10-14(17)18)9-12-3-5-13(15)6-4-12/h3-6,11H,7-10H2,1-2H3,(H,17,18). The molecule has 0 unspecified atom stereocenters. The van der Waals surface area contributed by atoms with Gasteiger partial charge in [-0.3, -0.25) is 9.69 Å². The Morgan fingerprint density at radius 3 is 2.33 bits per heavy atom. The minimum absolute atomic E-state index is 0.145. The van der Waals surface area contributed by atoms with Gasteiger partial charge < -0.3 is 5.11 Å². The van der Waals surface area contributed by atoms with Crippen molar-refractivity contribution in [1.82, 2.24) is 4.90 Å². The second-order valence-electron chi connectivity index (χ2n) is 5.18. The van der Waals surface area contributed by atoms with Crippen molar-refractivity contribution in [3.63, 3.8) is 0 Å². The molecule has 0 saturated heterocycles. The summed E-state index contributed by atoms with van der Waals surface area (Å²) in [6.07, 6.45) is 0. The lowest BCUT2D eigenvalue weighted by molar-refractivity contribution is -0.134. The number of carboxylic acid groups (broad SMARTS) is 1. The maximum atomic E-state index is 11.7. The van der Waals surface area contributed by atoms with E-state index < -0.39 is 21.6 Å². The zero-order chi connectivity index (χ0) is 16.0. The van der Waals surface area contributed by atoms with Gasteiger partial charge in [-0.05, 0) is 31.5 Å². The summed E-state index contributed by atoms with van der Waals surface area (Å²) in [5.74, 6) is -2.26. The predicted octanol–water partition coefficient (Wildman–Crippen LogP) is 2.16. The smallest absolute Gasteiger partial charge is 0.318 e. The molecule has 118 valence electrons. The van der Waals surface area contributed by atoms with Gasteiger partial charge in [0, 0.05) is 23.6 Å². The zero-order valence-corrected chi connectivity index (χ0v) is 14.5. The number of hydrogen-bond acceptors (Lipinski definition) is 4. The van der Waals surface area contributed by atoms with E-state index in [9.17, 15) is 13.2 Å². The van der Waals surface area contributed by atoms with E-state index in [-0.39, 0.29) is 11.8 Å². The van der Waals surface area contributed by atoms with E-state index in [0.717, 1.165) is 10.0 Å². The van der Waals surface area contributed by atoms with Crippen molar-refractivity contribution in [3.05, 3.63) is 34.3 Å². The molecule has 1 aromatic carbocycles. The first kappa shape index (κ1) is 18.1. The third-order valence-corrected chi connectivity index (χ3v) is 5.08. The largest absolute Gasteiger partial charge is 0.480 e. The van der Waals surface area contributed by atoms with Crippen LogP contribution >= 0.6 is 15.9 Å². The van der Waals surface area contributed by atoms with E-state index in [0.29, 0.717) is 13.1 Å². The Balaban J connectivity index is 2.66. The number of nitrogens with zero attached hydrogens (tertiary/aromatic N) is 1. The highest BCUT2D eigenvalue weighted by atomic mass is 79.9. The van der Waals surface area contributed by atoms with E-state index in [1.807, 2.05) is 43.0 Å². The molecule has 0 spiro atoms. The van der Waals surface area contributed by atoms with Crippen LogP contribution in [0.3, 0.4) is 0 Å². The molecule has 21 heavy (non-hydrogen) atoms. The Labute approximate surface area is 134 Å². The lowest BCUT2D eigenvalue weighted by atomic mass is 10.2. The molecule has 0 aliphatic heterocycles. The maximum absolute atomic E-state index is 11.7. The molecule has 1 rings (SSSR count). The average molecular weight is 378 g/mol. The summed E-state index contributed by atoms with van der Waals surface area (Å²) in [4.78, 5) is 12.5. The molecule has 1 aromatic rings. The second-order valence-corrected chi connectivity index (χ2v) is 8.28. The summed E-state index contributed by atoms with van der Waals surface area (Å²) >= 11 is 3.37. The molecule has 0 saturated carbocycles. The van der Waals surface area contributed by atoms with E-state index in [4.69, 9.17) is 5.11 Å². The first-order valence-corrected chi connectivity index (χ1v) is 9.22. The Morgan fingerprint density at radius 1 is 1.29 bits per heavy atom. The van der Waals surface area contributed by atoms with Gasteiger partial charge in [0.15, 0.2) is 9.84 Å². The van der Waals surface area contributed by atoms with Crippen molar-refractivity contribution in [3.8, 4) is 0 Å². The number of rotatable bonds is 8. The average Bonchev–Trinajstić information content (AvgIpc) is 2.34. The molecule has 0 fully saturated rings. The summed E-state index contributed by atoms with van der Waals surface area (Å²) in [6.45, 7) is 4.93. The van der Waals surface area contributed by atoms with Gasteiger partial charge in [-0.2, -0.15) is 0 Å². The van der Waals surface area contributed by atoms with Crippen LogP contribution in [0.15, 0.2) is 28.7 Å². The van der Waals surface area contributed by atoms with Gasteiger partial charge in [0.05, 0.1) is 5.75 Å². The third-order valence-electron chi connectivity index (χ3n) is 3.06. The fraction of sp³-hybridized carbons (Fsp3) is 0.500. The lowest BCUT2D eigenvalue weighted by Crippen LogP contribution is -2.35. The summed E-state index contributed by atoms with van der Waals surface area (Å²) in [5.41, 5.74) is 1.09. The van der Waals surface area contributed by atoms with Crippen LogP contribution in [0.25, 0.3) is 0 Å². The van der Waals surface area contributed by atoms with Crippen LogP contribution in [0.5, 0.6) is 0 Å². The number of benzene rings is 1. The van der Waals surface area contributed by atoms with E-state index in [1.54, 1.807) is 0 Å². The normalized spacial score (nSPS) is 12.0. The summed E-state index contributed by atoms with van der Waals surface area (Å²) in [5, 5.41) is 8.59. The topological polar surface area (TPSA) is 74.7 Å². The first-order valence-electron chi connectivity index (χ1n) is 6.60. The number of aliphatic carboxylic acids is 1. The van der Waals surface area contributed by atoms with Crippen LogP contribution in [-0.2, 0) is 21.2 Å². The first-order chi connectivity index (χ1) is 9.69. The summed E-state index contributed by atoms with van der Waals surface area (Å²) in [7, 11) is -3.56. The fourth-order valence-corrected chi connectivity index (χ4v) is 3.16. The molecule has 0 heterocycles. The molecule has 5 nitrogen and oxygen atoms in total. The van der Waals surface area contributed by atoms with Gasteiger partial charge in [-0.25, -0.2) is 8.42 Å². The number of hydrogen-bond donors (Lipinski definition) is 1. The van der Waals surface area contributed by atoms with Crippen LogP contribution in [-0.4, -0.2) is 48.5 Å². The summed E-state index contributed by atoms with van der Waals surface area (Å²) in [6, 6.07) is 8.01.